The van der Waals surface area contributed by atoms with Gasteiger partial charge in [0.15, 0.2) is 0 Å². The molecule has 1 heterocycles. The molecule has 0 radical (unpaired) electrons. The molecule has 1 rings (SSSR count). The normalized spacial score (nSPS) is 13.4. The summed E-state index contributed by atoms with van der Waals surface area (Å²) in [4.78, 5) is 1.27. The second-order valence-electron chi connectivity index (χ2n) is 2.80. The topological polar surface area (TPSA) is 20.2 Å². The fraction of sp³-hybridized carbons (Fsp3) is 0.556. The lowest BCUT2D eigenvalue weighted by molar-refractivity contribution is 0.167. The molecule has 1 atom stereocenters. The first kappa shape index (κ1) is 8.75. The molecule has 0 amide bonds. The maximum Gasteiger partial charge on any atom is 0.0798 e. The molecule has 0 saturated carbocycles. The quantitative estimate of drug-likeness (QED) is 0.739. The third-order valence-electron chi connectivity index (χ3n) is 1.70. The van der Waals surface area contributed by atoms with Crippen molar-refractivity contribution in [1.82, 2.24) is 0 Å². The Morgan fingerprint density at radius 2 is 2.36 bits per heavy atom. The van der Waals surface area contributed by atoms with Crippen molar-refractivity contribution in [3.8, 4) is 0 Å². The standard InChI is InChI=1S/C9H14OS/c1-3-4-9(10)8-5-7(2)11-6-8/h5-6,9-10H,3-4H2,1-2H3. The molecule has 0 aliphatic carbocycles. The zero-order valence-electron chi connectivity index (χ0n) is 7.00. The molecule has 0 bridgehead atoms. The van der Waals surface area contributed by atoms with E-state index in [4.69, 9.17) is 0 Å². The summed E-state index contributed by atoms with van der Waals surface area (Å²) in [6, 6.07) is 2.06. The molecule has 62 valence electrons. The van der Waals surface area contributed by atoms with E-state index in [1.807, 2.05) is 5.38 Å². The van der Waals surface area contributed by atoms with Gasteiger partial charge in [-0.05, 0) is 30.4 Å². The third kappa shape index (κ3) is 2.31. The average Bonchev–Trinajstić information content (AvgIpc) is 2.36. The molecule has 0 aromatic carbocycles. The first-order chi connectivity index (χ1) is 5.24. The van der Waals surface area contributed by atoms with Gasteiger partial charge >= 0.3 is 0 Å². The minimum atomic E-state index is -0.245. The summed E-state index contributed by atoms with van der Waals surface area (Å²) in [5.74, 6) is 0. The van der Waals surface area contributed by atoms with Crippen LogP contribution in [0.15, 0.2) is 11.4 Å². The average molecular weight is 170 g/mol. The van der Waals surface area contributed by atoms with Crippen molar-refractivity contribution >= 4 is 11.3 Å². The Hall–Kier alpha value is -0.340. The molecular weight excluding hydrogens is 156 g/mol. The molecule has 11 heavy (non-hydrogen) atoms. The minimum Gasteiger partial charge on any atom is -0.388 e. The highest BCUT2D eigenvalue weighted by Crippen LogP contribution is 2.23. The maximum atomic E-state index is 9.54. The summed E-state index contributed by atoms with van der Waals surface area (Å²) < 4.78 is 0. The highest BCUT2D eigenvalue weighted by molar-refractivity contribution is 7.10. The summed E-state index contributed by atoms with van der Waals surface area (Å²) in [6.07, 6.45) is 1.66. The van der Waals surface area contributed by atoms with Gasteiger partial charge in [-0.3, -0.25) is 0 Å². The van der Waals surface area contributed by atoms with E-state index < -0.39 is 0 Å². The van der Waals surface area contributed by atoms with Crippen LogP contribution in [0.3, 0.4) is 0 Å². The van der Waals surface area contributed by atoms with E-state index in [1.165, 1.54) is 4.88 Å². The highest BCUT2D eigenvalue weighted by atomic mass is 32.1. The highest BCUT2D eigenvalue weighted by Gasteiger charge is 2.06. The second kappa shape index (κ2) is 3.88. The van der Waals surface area contributed by atoms with Crippen LogP contribution in [-0.4, -0.2) is 5.11 Å². The van der Waals surface area contributed by atoms with Crippen LogP contribution in [-0.2, 0) is 0 Å². The largest absolute Gasteiger partial charge is 0.388 e. The molecule has 1 unspecified atom stereocenters. The minimum absolute atomic E-state index is 0.245. The molecule has 1 aromatic rings. The number of aliphatic hydroxyl groups is 1. The van der Waals surface area contributed by atoms with Crippen LogP contribution < -0.4 is 0 Å². The summed E-state index contributed by atoms with van der Waals surface area (Å²) in [7, 11) is 0. The lowest BCUT2D eigenvalue weighted by Gasteiger charge is -2.05. The van der Waals surface area contributed by atoms with Crippen molar-refractivity contribution in [2.75, 3.05) is 0 Å². The van der Waals surface area contributed by atoms with Crippen LogP contribution in [0.5, 0.6) is 0 Å². The van der Waals surface area contributed by atoms with Crippen molar-refractivity contribution in [3.05, 3.63) is 21.9 Å². The monoisotopic (exact) mass is 170 g/mol. The zero-order chi connectivity index (χ0) is 8.27. The Bertz CT molecular complexity index is 217. The second-order valence-corrected chi connectivity index (χ2v) is 3.91. The molecule has 0 aliphatic rings. The van der Waals surface area contributed by atoms with E-state index in [-0.39, 0.29) is 6.10 Å². The Labute approximate surface area is 71.7 Å². The van der Waals surface area contributed by atoms with Crippen molar-refractivity contribution in [2.24, 2.45) is 0 Å². The van der Waals surface area contributed by atoms with Crippen LogP contribution in [0.4, 0.5) is 0 Å². The van der Waals surface area contributed by atoms with Gasteiger partial charge in [0.2, 0.25) is 0 Å². The van der Waals surface area contributed by atoms with Gasteiger partial charge in [0.05, 0.1) is 6.10 Å². The van der Waals surface area contributed by atoms with Crippen molar-refractivity contribution in [3.63, 3.8) is 0 Å². The predicted octanol–water partition coefficient (Wildman–Crippen LogP) is 2.89. The molecule has 2 heteroatoms. The van der Waals surface area contributed by atoms with Gasteiger partial charge in [-0.1, -0.05) is 13.3 Å². The number of thiophene rings is 1. The Balaban J connectivity index is 2.60. The predicted molar refractivity (Wildman–Crippen MR) is 48.9 cm³/mol. The van der Waals surface area contributed by atoms with E-state index in [2.05, 4.69) is 19.9 Å². The van der Waals surface area contributed by atoms with Gasteiger partial charge in [0.25, 0.3) is 0 Å². The summed E-state index contributed by atoms with van der Waals surface area (Å²) in [5, 5.41) is 11.6. The molecule has 1 aromatic heterocycles. The Kier molecular flexibility index (Phi) is 3.09. The molecule has 1 nitrogen and oxygen atoms in total. The molecule has 0 spiro atoms. The van der Waals surface area contributed by atoms with Gasteiger partial charge < -0.3 is 5.11 Å². The lowest BCUT2D eigenvalue weighted by atomic mass is 10.1. The number of hydrogen-bond donors (Lipinski definition) is 1. The van der Waals surface area contributed by atoms with Crippen molar-refractivity contribution in [2.45, 2.75) is 32.8 Å². The number of hydrogen-bond acceptors (Lipinski definition) is 2. The first-order valence-electron chi connectivity index (χ1n) is 3.97. The Morgan fingerprint density at radius 1 is 1.64 bits per heavy atom. The SMILES string of the molecule is CCCC(O)c1csc(C)c1. The summed E-state index contributed by atoms with van der Waals surface area (Å²) in [5.41, 5.74) is 1.08. The van der Waals surface area contributed by atoms with E-state index in [0.29, 0.717) is 0 Å². The molecule has 0 saturated heterocycles. The smallest absolute Gasteiger partial charge is 0.0798 e. The van der Waals surface area contributed by atoms with Gasteiger partial charge in [-0.25, -0.2) is 0 Å². The third-order valence-corrected chi connectivity index (χ3v) is 2.58. The van der Waals surface area contributed by atoms with E-state index in [9.17, 15) is 5.11 Å². The first-order valence-corrected chi connectivity index (χ1v) is 4.85. The van der Waals surface area contributed by atoms with Crippen LogP contribution in [0.25, 0.3) is 0 Å². The molecular formula is C9H14OS. The number of rotatable bonds is 3. The van der Waals surface area contributed by atoms with E-state index in [0.717, 1.165) is 18.4 Å². The van der Waals surface area contributed by atoms with Gasteiger partial charge in [0, 0.05) is 4.88 Å². The van der Waals surface area contributed by atoms with Gasteiger partial charge in [0.1, 0.15) is 0 Å². The van der Waals surface area contributed by atoms with Crippen LogP contribution in [0, 0.1) is 6.92 Å². The molecule has 0 fully saturated rings. The number of aryl methyl sites for hydroxylation is 1. The Morgan fingerprint density at radius 3 is 2.82 bits per heavy atom. The summed E-state index contributed by atoms with van der Waals surface area (Å²) in [6.45, 7) is 4.15. The van der Waals surface area contributed by atoms with Gasteiger partial charge in [-0.2, -0.15) is 0 Å². The lowest BCUT2D eigenvalue weighted by Crippen LogP contribution is -1.93. The molecule has 0 aliphatic heterocycles. The van der Waals surface area contributed by atoms with Crippen molar-refractivity contribution < 1.29 is 5.11 Å². The van der Waals surface area contributed by atoms with Crippen LogP contribution in [0.1, 0.15) is 36.3 Å². The molecule has 1 N–H and O–H groups in total. The van der Waals surface area contributed by atoms with E-state index >= 15 is 0 Å². The fourth-order valence-electron chi connectivity index (χ4n) is 1.08. The van der Waals surface area contributed by atoms with Gasteiger partial charge in [-0.15, -0.1) is 11.3 Å². The van der Waals surface area contributed by atoms with E-state index in [1.54, 1.807) is 11.3 Å². The van der Waals surface area contributed by atoms with Crippen molar-refractivity contribution in [1.29, 1.82) is 0 Å². The maximum absolute atomic E-state index is 9.54. The number of aliphatic hydroxyl groups excluding tert-OH is 1. The fourth-order valence-corrected chi connectivity index (χ4v) is 1.83. The summed E-state index contributed by atoms with van der Waals surface area (Å²) >= 11 is 1.70. The van der Waals surface area contributed by atoms with Crippen LogP contribution >= 0.6 is 11.3 Å². The zero-order valence-corrected chi connectivity index (χ0v) is 7.82. The van der Waals surface area contributed by atoms with Crippen LogP contribution in [0.2, 0.25) is 0 Å².